The van der Waals surface area contributed by atoms with Gasteiger partial charge in [0.25, 0.3) is 0 Å². The zero-order chi connectivity index (χ0) is 15.8. The molecule has 114 valence electrons. The van der Waals surface area contributed by atoms with Crippen LogP contribution in [0.15, 0.2) is 30.3 Å². The van der Waals surface area contributed by atoms with Gasteiger partial charge in [-0.1, -0.05) is 30.3 Å². The predicted octanol–water partition coefficient (Wildman–Crippen LogP) is 1.25. The summed E-state index contributed by atoms with van der Waals surface area (Å²) in [7, 11) is 0. The molecule has 0 aliphatic rings. The third kappa shape index (κ3) is 5.35. The quantitative estimate of drug-likeness (QED) is 0.553. The molecule has 2 N–H and O–H groups in total. The van der Waals surface area contributed by atoms with E-state index in [2.05, 4.69) is 5.32 Å². The van der Waals surface area contributed by atoms with Crippen molar-refractivity contribution in [2.45, 2.75) is 32.4 Å². The maximum Gasteiger partial charge on any atom is 0.323 e. The third-order valence-electron chi connectivity index (χ3n) is 2.88. The maximum absolute atomic E-state index is 12.1. The van der Waals surface area contributed by atoms with Gasteiger partial charge >= 0.3 is 11.9 Å². The summed E-state index contributed by atoms with van der Waals surface area (Å²) in [4.78, 5) is 34.8. The van der Waals surface area contributed by atoms with E-state index in [9.17, 15) is 14.4 Å². The summed E-state index contributed by atoms with van der Waals surface area (Å²) < 4.78 is 4.87. The Bertz CT molecular complexity index is 500. The van der Waals surface area contributed by atoms with Crippen LogP contribution in [-0.2, 0) is 14.3 Å². The monoisotopic (exact) mass is 293 g/mol. The number of benzene rings is 1. The van der Waals surface area contributed by atoms with E-state index in [1.165, 1.54) is 6.92 Å². The average Bonchev–Trinajstić information content (AvgIpc) is 2.47. The molecule has 0 aliphatic carbocycles. The van der Waals surface area contributed by atoms with Gasteiger partial charge in [0.15, 0.2) is 5.78 Å². The van der Waals surface area contributed by atoms with Crippen molar-refractivity contribution in [3.05, 3.63) is 35.9 Å². The van der Waals surface area contributed by atoms with Gasteiger partial charge in [0.05, 0.1) is 6.61 Å². The summed E-state index contributed by atoms with van der Waals surface area (Å²) in [5.41, 5.74) is 0.469. The van der Waals surface area contributed by atoms with Gasteiger partial charge in [0.2, 0.25) is 0 Å². The molecule has 1 rings (SSSR count). The van der Waals surface area contributed by atoms with E-state index in [0.29, 0.717) is 5.56 Å². The Kier molecular flexibility index (Phi) is 6.55. The fourth-order valence-corrected chi connectivity index (χ4v) is 1.75. The number of ketones is 1. The highest BCUT2D eigenvalue weighted by molar-refractivity contribution is 5.99. The van der Waals surface area contributed by atoms with Crippen LogP contribution < -0.4 is 5.32 Å². The molecule has 6 heteroatoms. The van der Waals surface area contributed by atoms with Gasteiger partial charge in [-0.25, -0.2) is 0 Å². The highest BCUT2D eigenvalue weighted by atomic mass is 16.5. The Morgan fingerprint density at radius 3 is 2.38 bits per heavy atom. The van der Waals surface area contributed by atoms with Crippen molar-refractivity contribution < 1.29 is 24.2 Å². The maximum atomic E-state index is 12.1. The van der Waals surface area contributed by atoms with Crippen LogP contribution in [0.5, 0.6) is 0 Å². The topological polar surface area (TPSA) is 92.7 Å². The number of carbonyl (C=O) groups excluding carboxylic acids is 2. The Hall–Kier alpha value is -2.21. The van der Waals surface area contributed by atoms with Gasteiger partial charge in [-0.15, -0.1) is 0 Å². The van der Waals surface area contributed by atoms with Gasteiger partial charge in [-0.3, -0.25) is 19.7 Å². The molecule has 0 amide bonds. The number of rotatable bonds is 8. The number of aliphatic carboxylic acids is 1. The van der Waals surface area contributed by atoms with Crippen LogP contribution in [0.1, 0.15) is 30.6 Å². The lowest BCUT2D eigenvalue weighted by atomic mass is 10.0. The first-order valence-electron chi connectivity index (χ1n) is 6.69. The number of hydrogen-bond acceptors (Lipinski definition) is 5. The number of nitrogens with one attached hydrogen (secondary N) is 1. The Balaban J connectivity index is 2.79. The normalized spacial score (nSPS) is 13.2. The highest BCUT2D eigenvalue weighted by Gasteiger charge is 2.27. The third-order valence-corrected chi connectivity index (χ3v) is 2.88. The molecule has 0 aromatic heterocycles. The van der Waals surface area contributed by atoms with Crippen LogP contribution in [0.2, 0.25) is 0 Å². The van der Waals surface area contributed by atoms with Crippen LogP contribution in [0.25, 0.3) is 0 Å². The summed E-state index contributed by atoms with van der Waals surface area (Å²) in [5.74, 6) is -1.98. The van der Waals surface area contributed by atoms with E-state index in [0.717, 1.165) is 0 Å². The Morgan fingerprint density at radius 2 is 1.86 bits per heavy atom. The van der Waals surface area contributed by atoms with E-state index < -0.39 is 24.0 Å². The standard InChI is InChI=1S/C15H19NO5/c1-3-21-15(20)12(16-10(2)14(18)19)9-13(17)11-7-5-4-6-8-11/h4-8,10,12,16H,3,9H2,1-2H3,(H,18,19)/t10-,12+/m1/s1. The lowest BCUT2D eigenvalue weighted by Crippen LogP contribution is -2.47. The van der Waals surface area contributed by atoms with Gasteiger partial charge in [0, 0.05) is 12.0 Å². The smallest absolute Gasteiger partial charge is 0.323 e. The van der Waals surface area contributed by atoms with Gasteiger partial charge in [-0.2, -0.15) is 0 Å². The number of carbonyl (C=O) groups is 3. The van der Waals surface area contributed by atoms with Crippen molar-refractivity contribution in [1.29, 1.82) is 0 Å². The highest BCUT2D eigenvalue weighted by Crippen LogP contribution is 2.07. The van der Waals surface area contributed by atoms with Crippen molar-refractivity contribution in [2.24, 2.45) is 0 Å². The van der Waals surface area contributed by atoms with Crippen LogP contribution in [-0.4, -0.2) is 41.5 Å². The van der Waals surface area contributed by atoms with E-state index in [1.807, 2.05) is 0 Å². The lowest BCUT2D eigenvalue weighted by molar-refractivity contribution is -0.146. The molecule has 0 fully saturated rings. The second kappa shape index (κ2) is 8.16. The summed E-state index contributed by atoms with van der Waals surface area (Å²) in [6.45, 7) is 3.22. The van der Waals surface area contributed by atoms with E-state index in [-0.39, 0.29) is 18.8 Å². The molecule has 0 saturated heterocycles. The molecule has 1 aromatic rings. The molecule has 0 heterocycles. The summed E-state index contributed by atoms with van der Waals surface area (Å²) >= 11 is 0. The molecule has 6 nitrogen and oxygen atoms in total. The summed E-state index contributed by atoms with van der Waals surface area (Å²) in [6, 6.07) is 6.58. The first-order chi connectivity index (χ1) is 9.95. The molecular weight excluding hydrogens is 274 g/mol. The largest absolute Gasteiger partial charge is 0.480 e. The van der Waals surface area contributed by atoms with Gasteiger partial charge in [-0.05, 0) is 13.8 Å². The first kappa shape index (κ1) is 16.8. The van der Waals surface area contributed by atoms with E-state index in [1.54, 1.807) is 37.3 Å². The van der Waals surface area contributed by atoms with Crippen LogP contribution in [0.3, 0.4) is 0 Å². The SMILES string of the molecule is CCOC(=O)[C@H](CC(=O)c1ccccc1)N[C@H](C)C(=O)O. The van der Waals surface area contributed by atoms with Crippen molar-refractivity contribution in [1.82, 2.24) is 5.32 Å². The second-order valence-corrected chi connectivity index (χ2v) is 4.52. The summed E-state index contributed by atoms with van der Waals surface area (Å²) in [6.07, 6.45) is -0.152. The molecule has 21 heavy (non-hydrogen) atoms. The number of hydrogen-bond donors (Lipinski definition) is 2. The van der Waals surface area contributed by atoms with Crippen molar-refractivity contribution in [3.8, 4) is 0 Å². The van der Waals surface area contributed by atoms with Gasteiger partial charge in [0.1, 0.15) is 12.1 Å². The molecule has 0 saturated carbocycles. The van der Waals surface area contributed by atoms with Crippen LogP contribution in [0, 0.1) is 0 Å². The summed E-state index contributed by atoms with van der Waals surface area (Å²) in [5, 5.41) is 11.5. The number of carboxylic acid groups (broad SMARTS) is 1. The second-order valence-electron chi connectivity index (χ2n) is 4.52. The van der Waals surface area contributed by atoms with Gasteiger partial charge < -0.3 is 9.84 Å². The molecule has 0 radical (unpaired) electrons. The lowest BCUT2D eigenvalue weighted by Gasteiger charge is -2.19. The minimum absolute atomic E-state index is 0.152. The van der Waals surface area contributed by atoms with E-state index >= 15 is 0 Å². The van der Waals surface area contributed by atoms with Crippen LogP contribution in [0.4, 0.5) is 0 Å². The van der Waals surface area contributed by atoms with Crippen molar-refractivity contribution >= 4 is 17.7 Å². The molecule has 0 bridgehead atoms. The number of Topliss-reactive ketones (excluding diaryl/α,β-unsaturated/α-hetero) is 1. The molecular formula is C15H19NO5. The van der Waals surface area contributed by atoms with Crippen LogP contribution >= 0.6 is 0 Å². The molecule has 2 atom stereocenters. The predicted molar refractivity (Wildman–Crippen MR) is 76.0 cm³/mol. The molecule has 0 aliphatic heterocycles. The average molecular weight is 293 g/mol. The minimum Gasteiger partial charge on any atom is -0.480 e. The minimum atomic E-state index is -1.10. The number of carboxylic acids is 1. The zero-order valence-electron chi connectivity index (χ0n) is 12.0. The van der Waals surface area contributed by atoms with Crippen molar-refractivity contribution in [2.75, 3.05) is 6.61 Å². The molecule has 0 spiro atoms. The number of esters is 1. The fraction of sp³-hybridized carbons (Fsp3) is 0.400. The Labute approximate surface area is 123 Å². The molecule has 0 unspecified atom stereocenters. The zero-order valence-corrected chi connectivity index (χ0v) is 12.0. The number of ether oxygens (including phenoxy) is 1. The fourth-order valence-electron chi connectivity index (χ4n) is 1.75. The van der Waals surface area contributed by atoms with Crippen molar-refractivity contribution in [3.63, 3.8) is 0 Å². The first-order valence-corrected chi connectivity index (χ1v) is 6.69. The Morgan fingerprint density at radius 1 is 1.24 bits per heavy atom. The molecule has 1 aromatic carbocycles. The van der Waals surface area contributed by atoms with E-state index in [4.69, 9.17) is 9.84 Å².